The van der Waals surface area contributed by atoms with E-state index in [1.807, 2.05) is 0 Å². The molecular formula is C17H32O3Si. The van der Waals surface area contributed by atoms with Crippen LogP contribution in [0, 0.1) is 5.92 Å². The lowest BCUT2D eigenvalue weighted by molar-refractivity contribution is -0.0857. The molecule has 0 fully saturated rings. The molecule has 0 aromatic rings. The zero-order valence-corrected chi connectivity index (χ0v) is 15.9. The third-order valence-electron chi connectivity index (χ3n) is 5.20. The summed E-state index contributed by atoms with van der Waals surface area (Å²) in [5.41, 5.74) is 1.19. The number of allylic oxidation sites excluding steroid dienone is 2. The highest BCUT2D eigenvalue weighted by Crippen LogP contribution is 2.45. The van der Waals surface area contributed by atoms with Gasteiger partial charge in [-0.05, 0) is 36.5 Å². The maximum absolute atomic E-state index is 6.62. The Labute approximate surface area is 131 Å². The van der Waals surface area contributed by atoms with Crippen molar-refractivity contribution in [2.45, 2.75) is 65.0 Å². The third kappa shape index (κ3) is 4.28. The molecule has 21 heavy (non-hydrogen) atoms. The van der Waals surface area contributed by atoms with Crippen LogP contribution >= 0.6 is 0 Å². The fraction of sp³-hybridized carbons (Fsp3) is 0.765. The van der Waals surface area contributed by atoms with E-state index >= 15 is 0 Å². The summed E-state index contributed by atoms with van der Waals surface area (Å²) >= 11 is 0. The third-order valence-corrected chi connectivity index (χ3v) is 9.74. The summed E-state index contributed by atoms with van der Waals surface area (Å²) in [6, 6.07) is 0. The van der Waals surface area contributed by atoms with Gasteiger partial charge >= 0.3 is 0 Å². The fourth-order valence-corrected chi connectivity index (χ4v) is 5.00. The van der Waals surface area contributed by atoms with Crippen LogP contribution in [0.1, 0.15) is 34.6 Å². The van der Waals surface area contributed by atoms with Gasteiger partial charge in [0.1, 0.15) is 12.9 Å². The normalized spacial score (nSPS) is 23.6. The molecule has 0 aromatic carbocycles. The predicted molar refractivity (Wildman–Crippen MR) is 90.9 cm³/mol. The van der Waals surface area contributed by atoms with Crippen molar-refractivity contribution in [1.82, 2.24) is 0 Å². The lowest BCUT2D eigenvalue weighted by Crippen LogP contribution is -2.50. The quantitative estimate of drug-likeness (QED) is 0.511. The van der Waals surface area contributed by atoms with E-state index in [0.717, 1.165) is 0 Å². The Morgan fingerprint density at radius 1 is 1.29 bits per heavy atom. The van der Waals surface area contributed by atoms with Crippen LogP contribution in [0.25, 0.3) is 0 Å². The lowest BCUT2D eigenvalue weighted by Gasteiger charge is -2.45. The summed E-state index contributed by atoms with van der Waals surface area (Å²) in [7, 11) is -0.244. The van der Waals surface area contributed by atoms with Gasteiger partial charge in [-0.2, -0.15) is 0 Å². The molecule has 0 N–H and O–H groups in total. The minimum Gasteiger partial charge on any atom is -0.408 e. The highest BCUT2D eigenvalue weighted by Gasteiger charge is 2.45. The monoisotopic (exact) mass is 312 g/mol. The topological polar surface area (TPSA) is 27.7 Å². The second-order valence-electron chi connectivity index (χ2n) is 7.26. The molecule has 1 rings (SSSR count). The van der Waals surface area contributed by atoms with Gasteiger partial charge in [0.2, 0.25) is 0 Å². The average Bonchev–Trinajstić information content (AvgIpc) is 2.37. The van der Waals surface area contributed by atoms with Crippen LogP contribution in [0.15, 0.2) is 23.8 Å². The first-order valence-corrected chi connectivity index (χ1v) is 10.7. The fourth-order valence-electron chi connectivity index (χ4n) is 2.43. The number of ether oxygens (including phenoxy) is 2. The van der Waals surface area contributed by atoms with Crippen LogP contribution in [0.2, 0.25) is 18.1 Å². The van der Waals surface area contributed by atoms with Gasteiger partial charge in [0.25, 0.3) is 0 Å². The largest absolute Gasteiger partial charge is 0.408 e. The molecule has 0 unspecified atom stereocenters. The van der Waals surface area contributed by atoms with E-state index in [-0.39, 0.29) is 17.2 Å². The van der Waals surface area contributed by atoms with Crippen molar-refractivity contribution in [3.8, 4) is 0 Å². The Morgan fingerprint density at radius 2 is 1.90 bits per heavy atom. The van der Waals surface area contributed by atoms with E-state index in [0.29, 0.717) is 12.7 Å². The molecule has 2 atom stereocenters. The van der Waals surface area contributed by atoms with Gasteiger partial charge in [-0.15, -0.1) is 0 Å². The van der Waals surface area contributed by atoms with E-state index in [1.165, 1.54) is 5.57 Å². The van der Waals surface area contributed by atoms with Crippen LogP contribution in [0.4, 0.5) is 0 Å². The summed E-state index contributed by atoms with van der Waals surface area (Å²) in [6.45, 7) is 16.2. The van der Waals surface area contributed by atoms with E-state index < -0.39 is 8.32 Å². The molecular weight excluding hydrogens is 280 g/mol. The Balaban J connectivity index is 2.88. The van der Waals surface area contributed by atoms with Crippen molar-refractivity contribution in [2.24, 2.45) is 5.92 Å². The summed E-state index contributed by atoms with van der Waals surface area (Å²) in [4.78, 5) is 0. The molecule has 0 aromatic heterocycles. The van der Waals surface area contributed by atoms with E-state index in [9.17, 15) is 0 Å². The highest BCUT2D eigenvalue weighted by molar-refractivity contribution is 6.74. The van der Waals surface area contributed by atoms with Crippen LogP contribution < -0.4 is 0 Å². The molecule has 0 amide bonds. The average molecular weight is 313 g/mol. The van der Waals surface area contributed by atoms with Gasteiger partial charge in [-0.1, -0.05) is 45.9 Å². The summed E-state index contributed by atoms with van der Waals surface area (Å²) in [5, 5.41) is 0.196. The van der Waals surface area contributed by atoms with Gasteiger partial charge in [-0.25, -0.2) is 0 Å². The first-order valence-electron chi connectivity index (χ1n) is 7.77. The SMILES string of the molecule is COCO[C@@H]1C(C)=CC=C[C@@H]1O[Si](C)(C)C(C)(C)C(C)C. The number of hydrogen-bond acceptors (Lipinski definition) is 3. The second kappa shape index (κ2) is 7.23. The van der Waals surface area contributed by atoms with Crippen molar-refractivity contribution >= 4 is 8.32 Å². The van der Waals surface area contributed by atoms with Gasteiger partial charge in [-0.3, -0.25) is 0 Å². The minimum atomic E-state index is -1.89. The number of rotatable bonds is 7. The smallest absolute Gasteiger partial charge is 0.193 e. The van der Waals surface area contributed by atoms with Gasteiger partial charge in [0, 0.05) is 7.11 Å². The van der Waals surface area contributed by atoms with E-state index in [1.54, 1.807) is 7.11 Å². The molecule has 0 saturated heterocycles. The van der Waals surface area contributed by atoms with Crippen molar-refractivity contribution in [3.63, 3.8) is 0 Å². The molecule has 122 valence electrons. The number of methoxy groups -OCH3 is 1. The van der Waals surface area contributed by atoms with Crippen LogP contribution in [-0.2, 0) is 13.9 Å². The Bertz CT molecular complexity index is 397. The molecule has 0 radical (unpaired) electrons. The van der Waals surface area contributed by atoms with Crippen molar-refractivity contribution < 1.29 is 13.9 Å². The summed E-state index contributed by atoms with van der Waals surface area (Å²) < 4.78 is 17.5. The standard InChI is InChI=1S/C17H32O3Si/c1-13(2)17(4,5)21(7,8)20-15-11-9-10-14(3)16(15)19-12-18-6/h9-11,13,15-16H,12H2,1-8H3/t15-,16+/m0/s1. The Morgan fingerprint density at radius 3 is 2.43 bits per heavy atom. The Hall–Kier alpha value is -0.423. The molecule has 0 spiro atoms. The van der Waals surface area contributed by atoms with Gasteiger partial charge in [0.05, 0.1) is 6.10 Å². The zero-order chi connectivity index (χ0) is 16.3. The lowest BCUT2D eigenvalue weighted by atomic mass is 9.99. The summed E-state index contributed by atoms with van der Waals surface area (Å²) in [6.07, 6.45) is 6.19. The molecule has 1 aliphatic carbocycles. The van der Waals surface area contributed by atoms with Crippen molar-refractivity contribution in [1.29, 1.82) is 0 Å². The first kappa shape index (κ1) is 18.6. The summed E-state index contributed by atoms with van der Waals surface area (Å²) in [5.74, 6) is 0.585. The molecule has 0 bridgehead atoms. The maximum Gasteiger partial charge on any atom is 0.193 e. The number of hydrogen-bond donors (Lipinski definition) is 0. The molecule has 0 saturated carbocycles. The van der Waals surface area contributed by atoms with E-state index in [4.69, 9.17) is 13.9 Å². The van der Waals surface area contributed by atoms with Crippen molar-refractivity contribution in [2.75, 3.05) is 13.9 Å². The Kier molecular flexibility index (Phi) is 6.41. The molecule has 4 heteroatoms. The maximum atomic E-state index is 6.62. The van der Waals surface area contributed by atoms with Gasteiger partial charge in [0.15, 0.2) is 8.32 Å². The predicted octanol–water partition coefficient (Wildman–Crippen LogP) is 4.52. The van der Waals surface area contributed by atoms with Crippen LogP contribution in [0.3, 0.4) is 0 Å². The molecule has 0 heterocycles. The van der Waals surface area contributed by atoms with Gasteiger partial charge < -0.3 is 13.9 Å². The van der Waals surface area contributed by atoms with Crippen LogP contribution in [-0.4, -0.2) is 34.4 Å². The van der Waals surface area contributed by atoms with Crippen molar-refractivity contribution in [3.05, 3.63) is 23.8 Å². The first-order chi connectivity index (χ1) is 9.63. The van der Waals surface area contributed by atoms with E-state index in [2.05, 4.69) is 65.9 Å². The molecule has 1 aliphatic rings. The minimum absolute atomic E-state index is 0.0233. The van der Waals surface area contributed by atoms with Crippen LogP contribution in [0.5, 0.6) is 0 Å². The zero-order valence-electron chi connectivity index (χ0n) is 14.9. The molecule has 3 nitrogen and oxygen atoms in total. The highest BCUT2D eigenvalue weighted by atomic mass is 28.4. The molecule has 0 aliphatic heterocycles. The second-order valence-corrected chi connectivity index (χ2v) is 11.8.